The summed E-state index contributed by atoms with van der Waals surface area (Å²) in [7, 11) is 0. The second-order valence-corrected chi connectivity index (χ2v) is 8.15. The molecule has 2 heterocycles. The highest BCUT2D eigenvalue weighted by Crippen LogP contribution is 2.44. The summed E-state index contributed by atoms with van der Waals surface area (Å²) < 4.78 is 5.96. The SMILES string of the molecule is O=C(N1CCO[C@H](Cc2ccccc2)C1)C1(c2cccs2)CCCC1. The van der Waals surface area contributed by atoms with E-state index in [-0.39, 0.29) is 11.5 Å². The molecule has 1 aliphatic carbocycles. The van der Waals surface area contributed by atoms with Gasteiger partial charge in [-0.2, -0.15) is 0 Å². The molecule has 0 spiro atoms. The average molecular weight is 356 g/mol. The monoisotopic (exact) mass is 355 g/mol. The summed E-state index contributed by atoms with van der Waals surface area (Å²) in [5.41, 5.74) is 0.999. The van der Waals surface area contributed by atoms with Gasteiger partial charge in [-0.25, -0.2) is 0 Å². The maximum atomic E-state index is 13.5. The van der Waals surface area contributed by atoms with Crippen molar-refractivity contribution >= 4 is 17.2 Å². The lowest BCUT2D eigenvalue weighted by Gasteiger charge is -2.39. The number of hydrogen-bond donors (Lipinski definition) is 0. The summed E-state index contributed by atoms with van der Waals surface area (Å²) in [5, 5.41) is 2.10. The quantitative estimate of drug-likeness (QED) is 0.829. The van der Waals surface area contributed by atoms with E-state index in [2.05, 4.69) is 46.7 Å². The molecule has 0 radical (unpaired) electrons. The van der Waals surface area contributed by atoms with Crippen LogP contribution in [0.4, 0.5) is 0 Å². The number of thiophene rings is 1. The van der Waals surface area contributed by atoms with Crippen molar-refractivity contribution in [2.75, 3.05) is 19.7 Å². The lowest BCUT2D eigenvalue weighted by atomic mass is 9.82. The molecule has 132 valence electrons. The fourth-order valence-corrected chi connectivity index (χ4v) is 5.28. The highest BCUT2D eigenvalue weighted by atomic mass is 32.1. The van der Waals surface area contributed by atoms with Gasteiger partial charge < -0.3 is 9.64 Å². The van der Waals surface area contributed by atoms with Crippen LogP contribution in [-0.4, -0.2) is 36.6 Å². The average Bonchev–Trinajstić information content (AvgIpc) is 3.34. The number of nitrogens with zero attached hydrogens (tertiary/aromatic N) is 1. The molecule has 1 aliphatic heterocycles. The smallest absolute Gasteiger partial charge is 0.234 e. The van der Waals surface area contributed by atoms with Gasteiger partial charge in [-0.1, -0.05) is 49.2 Å². The zero-order chi connectivity index (χ0) is 17.1. The van der Waals surface area contributed by atoms with Crippen molar-refractivity contribution in [2.24, 2.45) is 0 Å². The molecular weight excluding hydrogens is 330 g/mol. The van der Waals surface area contributed by atoms with E-state index in [1.807, 2.05) is 6.07 Å². The van der Waals surface area contributed by atoms with Crippen molar-refractivity contribution in [3.8, 4) is 0 Å². The van der Waals surface area contributed by atoms with Gasteiger partial charge in [-0.15, -0.1) is 11.3 Å². The molecule has 4 rings (SSSR count). The van der Waals surface area contributed by atoms with Gasteiger partial charge in [0.1, 0.15) is 0 Å². The second kappa shape index (κ2) is 7.30. The number of rotatable bonds is 4. The van der Waals surface area contributed by atoms with Crippen LogP contribution in [0.2, 0.25) is 0 Å². The van der Waals surface area contributed by atoms with Gasteiger partial charge in [0.25, 0.3) is 0 Å². The molecule has 0 bridgehead atoms. The van der Waals surface area contributed by atoms with E-state index in [0.717, 1.165) is 38.6 Å². The van der Waals surface area contributed by atoms with E-state index >= 15 is 0 Å². The number of benzene rings is 1. The Morgan fingerprint density at radius 1 is 1.16 bits per heavy atom. The molecule has 1 saturated carbocycles. The van der Waals surface area contributed by atoms with E-state index in [1.165, 1.54) is 10.4 Å². The molecule has 1 saturated heterocycles. The normalized spacial score (nSPS) is 22.9. The molecule has 1 aromatic carbocycles. The molecular formula is C21H25NO2S. The minimum atomic E-state index is -0.275. The molecule has 1 amide bonds. The molecule has 3 nitrogen and oxygen atoms in total. The third-order valence-electron chi connectivity index (χ3n) is 5.59. The number of amides is 1. The van der Waals surface area contributed by atoms with Gasteiger partial charge in [0.2, 0.25) is 5.91 Å². The molecule has 2 fully saturated rings. The van der Waals surface area contributed by atoms with Crippen molar-refractivity contribution in [3.05, 3.63) is 58.3 Å². The largest absolute Gasteiger partial charge is 0.374 e. The Hall–Kier alpha value is -1.65. The predicted octanol–water partition coefficient (Wildman–Crippen LogP) is 4.03. The Morgan fingerprint density at radius 2 is 1.96 bits per heavy atom. The summed E-state index contributed by atoms with van der Waals surface area (Å²) in [6.45, 7) is 2.07. The van der Waals surface area contributed by atoms with Crippen LogP contribution in [0.1, 0.15) is 36.1 Å². The maximum Gasteiger partial charge on any atom is 0.234 e. The third-order valence-corrected chi connectivity index (χ3v) is 6.67. The van der Waals surface area contributed by atoms with Gasteiger partial charge in [-0.3, -0.25) is 4.79 Å². The zero-order valence-corrected chi connectivity index (χ0v) is 15.3. The molecule has 1 aromatic heterocycles. The van der Waals surface area contributed by atoms with Crippen LogP contribution in [0.15, 0.2) is 47.8 Å². The van der Waals surface area contributed by atoms with Crippen LogP contribution in [0.25, 0.3) is 0 Å². The lowest BCUT2D eigenvalue weighted by molar-refractivity contribution is -0.144. The van der Waals surface area contributed by atoms with Gasteiger partial charge in [-0.05, 0) is 29.9 Å². The van der Waals surface area contributed by atoms with E-state index < -0.39 is 0 Å². The van der Waals surface area contributed by atoms with Crippen molar-refractivity contribution in [3.63, 3.8) is 0 Å². The molecule has 0 N–H and O–H groups in total. The first kappa shape index (κ1) is 16.8. The Balaban J connectivity index is 1.49. The maximum absolute atomic E-state index is 13.5. The number of carbonyl (C=O) groups excluding carboxylic acids is 1. The molecule has 0 unspecified atom stereocenters. The second-order valence-electron chi connectivity index (χ2n) is 7.20. The summed E-state index contributed by atoms with van der Waals surface area (Å²) in [4.78, 5) is 16.8. The molecule has 1 atom stereocenters. The number of hydrogen-bond acceptors (Lipinski definition) is 3. The van der Waals surface area contributed by atoms with Crippen LogP contribution in [-0.2, 0) is 21.4 Å². The lowest BCUT2D eigenvalue weighted by Crippen LogP contribution is -2.52. The summed E-state index contributed by atoms with van der Waals surface area (Å²) in [5.74, 6) is 0.328. The van der Waals surface area contributed by atoms with Gasteiger partial charge in [0, 0.05) is 24.4 Å². The molecule has 4 heteroatoms. The minimum Gasteiger partial charge on any atom is -0.374 e. The Kier molecular flexibility index (Phi) is 4.91. The van der Waals surface area contributed by atoms with Gasteiger partial charge in [0.05, 0.1) is 18.1 Å². The first-order valence-corrected chi connectivity index (χ1v) is 10.1. The van der Waals surface area contributed by atoms with Crippen LogP contribution < -0.4 is 0 Å². The summed E-state index contributed by atoms with van der Waals surface area (Å²) in [6.07, 6.45) is 5.27. The van der Waals surface area contributed by atoms with E-state index in [0.29, 0.717) is 19.1 Å². The zero-order valence-electron chi connectivity index (χ0n) is 14.5. The third kappa shape index (κ3) is 3.38. The van der Waals surface area contributed by atoms with Gasteiger partial charge in [0.15, 0.2) is 0 Å². The first-order chi connectivity index (χ1) is 12.3. The predicted molar refractivity (Wildman–Crippen MR) is 101 cm³/mol. The molecule has 25 heavy (non-hydrogen) atoms. The number of carbonyl (C=O) groups is 1. The fourth-order valence-electron chi connectivity index (χ4n) is 4.30. The fraction of sp³-hybridized carbons (Fsp3) is 0.476. The first-order valence-electron chi connectivity index (χ1n) is 9.27. The highest BCUT2D eigenvalue weighted by Gasteiger charge is 2.46. The minimum absolute atomic E-state index is 0.0990. The van der Waals surface area contributed by atoms with Crippen LogP contribution in [0, 0.1) is 0 Å². The van der Waals surface area contributed by atoms with Crippen LogP contribution >= 0.6 is 11.3 Å². The van der Waals surface area contributed by atoms with E-state index in [1.54, 1.807) is 11.3 Å². The summed E-state index contributed by atoms with van der Waals surface area (Å²) in [6, 6.07) is 14.6. The van der Waals surface area contributed by atoms with Crippen LogP contribution in [0.5, 0.6) is 0 Å². The standard InChI is InChI=1S/C21H25NO2S/c23-20(21(10-4-5-11-21)19-9-6-14-25-19)22-12-13-24-18(16-22)15-17-7-2-1-3-8-17/h1-3,6-9,14,18H,4-5,10-13,15-16H2/t18-/m1/s1. The van der Waals surface area contributed by atoms with Crippen LogP contribution in [0.3, 0.4) is 0 Å². The Labute approximate surface area is 153 Å². The number of morpholine rings is 1. The molecule has 2 aliphatic rings. The van der Waals surface area contributed by atoms with E-state index in [4.69, 9.17) is 4.74 Å². The van der Waals surface area contributed by atoms with Crippen molar-refractivity contribution in [2.45, 2.75) is 43.6 Å². The van der Waals surface area contributed by atoms with E-state index in [9.17, 15) is 4.79 Å². The molecule has 2 aromatic rings. The van der Waals surface area contributed by atoms with Crippen molar-refractivity contribution in [1.82, 2.24) is 4.90 Å². The van der Waals surface area contributed by atoms with Crippen molar-refractivity contribution in [1.29, 1.82) is 0 Å². The van der Waals surface area contributed by atoms with Gasteiger partial charge >= 0.3 is 0 Å². The highest BCUT2D eigenvalue weighted by molar-refractivity contribution is 7.10. The summed E-state index contributed by atoms with van der Waals surface area (Å²) >= 11 is 1.74. The Bertz CT molecular complexity index is 692. The van der Waals surface area contributed by atoms with Crippen molar-refractivity contribution < 1.29 is 9.53 Å². The number of ether oxygens (including phenoxy) is 1. The Morgan fingerprint density at radius 3 is 2.68 bits per heavy atom. The topological polar surface area (TPSA) is 29.5 Å².